The van der Waals surface area contributed by atoms with Crippen molar-refractivity contribution in [1.29, 1.82) is 0 Å². The van der Waals surface area contributed by atoms with Gasteiger partial charge in [0.2, 0.25) is 0 Å². The number of alkyl halides is 3. The van der Waals surface area contributed by atoms with Crippen LogP contribution < -0.4 is 0 Å². The highest BCUT2D eigenvalue weighted by molar-refractivity contribution is 6.87. The molecule has 0 aromatic heterocycles. The van der Waals surface area contributed by atoms with E-state index in [2.05, 4.69) is 19.6 Å². The van der Waals surface area contributed by atoms with Crippen LogP contribution in [0.5, 0.6) is 0 Å². The molecule has 0 bridgehead atoms. The summed E-state index contributed by atoms with van der Waals surface area (Å²) >= 11 is 0. The van der Waals surface area contributed by atoms with Gasteiger partial charge in [-0.15, -0.1) is 0 Å². The van der Waals surface area contributed by atoms with Gasteiger partial charge in [-0.1, -0.05) is 0 Å². The first-order valence-corrected chi connectivity index (χ1v) is 15.4. The highest BCUT2D eigenvalue weighted by Gasteiger charge is 2.40. The monoisotopic (exact) mass is 318 g/mol. The Morgan fingerprint density at radius 2 is 1.28 bits per heavy atom. The third-order valence-electron chi connectivity index (χ3n) is 2.08. The Labute approximate surface area is 111 Å². The molecular weight excluding hydrogens is 293 g/mol. The first-order valence-electron chi connectivity index (χ1n) is 6.09. The molecule has 0 spiro atoms. The Hall–Kier alpha value is 0.361. The quantitative estimate of drug-likeness (QED) is 0.660. The molecule has 0 aromatic carbocycles. The van der Waals surface area contributed by atoms with E-state index in [1.165, 1.54) is 0 Å². The standard InChI is InChI=1S/C10H25F3O2Si3/c1-16(2,3)14-18(6,7)15-17(4,5)9-8-10(11,12)13/h8-9H2,1-7H3. The van der Waals surface area contributed by atoms with Crippen LogP contribution in [0.1, 0.15) is 6.42 Å². The van der Waals surface area contributed by atoms with Gasteiger partial charge < -0.3 is 8.23 Å². The van der Waals surface area contributed by atoms with Gasteiger partial charge in [0.25, 0.3) is 0 Å². The summed E-state index contributed by atoms with van der Waals surface area (Å²) in [6.45, 7) is 13.7. The van der Waals surface area contributed by atoms with Crippen LogP contribution in [0.3, 0.4) is 0 Å². The summed E-state index contributed by atoms with van der Waals surface area (Å²) < 4.78 is 48.7. The molecular formula is C10H25F3O2Si3. The minimum Gasteiger partial charge on any atom is -0.437 e. The average Bonchev–Trinajstić information content (AvgIpc) is 1.91. The fraction of sp³-hybridized carbons (Fsp3) is 1.00. The smallest absolute Gasteiger partial charge is 0.388 e. The number of hydrogen-bond acceptors (Lipinski definition) is 2. The van der Waals surface area contributed by atoms with E-state index >= 15 is 0 Å². The van der Waals surface area contributed by atoms with E-state index in [0.29, 0.717) is 0 Å². The van der Waals surface area contributed by atoms with Crippen LogP contribution in [-0.2, 0) is 8.23 Å². The lowest BCUT2D eigenvalue weighted by atomic mass is 10.5. The largest absolute Gasteiger partial charge is 0.437 e. The van der Waals surface area contributed by atoms with Crippen molar-refractivity contribution in [2.45, 2.75) is 64.5 Å². The molecule has 0 unspecified atom stereocenters. The van der Waals surface area contributed by atoms with Crippen molar-refractivity contribution in [2.24, 2.45) is 0 Å². The molecule has 0 saturated heterocycles. The zero-order valence-electron chi connectivity index (χ0n) is 12.4. The second-order valence-electron chi connectivity index (χ2n) is 6.59. The highest BCUT2D eigenvalue weighted by atomic mass is 28.5. The van der Waals surface area contributed by atoms with Crippen molar-refractivity contribution in [3.8, 4) is 0 Å². The van der Waals surface area contributed by atoms with Gasteiger partial charge in [-0.05, 0) is 51.9 Å². The van der Waals surface area contributed by atoms with E-state index in [9.17, 15) is 13.2 Å². The number of rotatable bonds is 6. The molecule has 0 rings (SSSR count). The van der Waals surface area contributed by atoms with Crippen LogP contribution in [0.4, 0.5) is 13.2 Å². The van der Waals surface area contributed by atoms with Crippen molar-refractivity contribution in [1.82, 2.24) is 0 Å². The normalized spacial score (nSPS) is 15.0. The molecule has 0 N–H and O–H groups in total. The third-order valence-corrected chi connectivity index (χ3v) is 12.1. The highest BCUT2D eigenvalue weighted by Crippen LogP contribution is 2.29. The molecule has 2 nitrogen and oxygen atoms in total. The van der Waals surface area contributed by atoms with Crippen LogP contribution in [0.2, 0.25) is 51.9 Å². The molecule has 0 saturated carbocycles. The summed E-state index contributed by atoms with van der Waals surface area (Å²) in [6, 6.07) is 0.0992. The van der Waals surface area contributed by atoms with Gasteiger partial charge in [-0.3, -0.25) is 0 Å². The van der Waals surface area contributed by atoms with Gasteiger partial charge in [-0.2, -0.15) is 13.2 Å². The Bertz CT molecular complexity index is 273. The summed E-state index contributed by atoms with van der Waals surface area (Å²) in [5, 5.41) is 0. The van der Waals surface area contributed by atoms with Crippen molar-refractivity contribution >= 4 is 25.2 Å². The molecule has 0 fully saturated rings. The summed E-state index contributed by atoms with van der Waals surface area (Å²) in [6.07, 6.45) is -4.86. The Morgan fingerprint density at radius 3 is 1.61 bits per heavy atom. The molecule has 0 aliphatic carbocycles. The van der Waals surface area contributed by atoms with Crippen LogP contribution in [0.15, 0.2) is 0 Å². The Morgan fingerprint density at radius 1 is 0.833 bits per heavy atom. The Balaban J connectivity index is 4.47. The van der Waals surface area contributed by atoms with Crippen molar-refractivity contribution in [2.75, 3.05) is 0 Å². The lowest BCUT2D eigenvalue weighted by molar-refractivity contribution is -0.131. The molecule has 0 aliphatic rings. The van der Waals surface area contributed by atoms with E-state index in [1.807, 2.05) is 26.2 Å². The average molecular weight is 319 g/mol. The maximum atomic E-state index is 12.2. The van der Waals surface area contributed by atoms with Gasteiger partial charge in [0.15, 0.2) is 16.6 Å². The summed E-state index contributed by atoms with van der Waals surface area (Å²) in [5.41, 5.74) is 0. The van der Waals surface area contributed by atoms with Crippen molar-refractivity contribution < 1.29 is 21.4 Å². The first kappa shape index (κ1) is 18.4. The van der Waals surface area contributed by atoms with Crippen LogP contribution >= 0.6 is 0 Å². The first-order chi connectivity index (χ1) is 7.62. The lowest BCUT2D eigenvalue weighted by Gasteiger charge is -2.37. The SMILES string of the molecule is C[Si](C)(C)O[Si](C)(C)O[Si](C)(C)CCC(F)(F)F. The molecule has 0 atom stereocenters. The van der Waals surface area contributed by atoms with Gasteiger partial charge >= 0.3 is 14.7 Å². The predicted octanol–water partition coefficient (Wildman–Crippen LogP) is 4.71. The van der Waals surface area contributed by atoms with Gasteiger partial charge in [0, 0.05) is 6.42 Å². The summed E-state index contributed by atoms with van der Waals surface area (Å²) in [5.74, 6) is 0. The predicted molar refractivity (Wildman–Crippen MR) is 76.0 cm³/mol. The van der Waals surface area contributed by atoms with Gasteiger partial charge in [0.1, 0.15) is 0 Å². The fourth-order valence-electron chi connectivity index (χ4n) is 1.92. The minimum absolute atomic E-state index is 0.0992. The molecule has 18 heavy (non-hydrogen) atoms. The van der Waals surface area contributed by atoms with E-state index in [4.69, 9.17) is 8.23 Å². The number of halogens is 3. The molecule has 8 heteroatoms. The second kappa shape index (κ2) is 5.78. The maximum absolute atomic E-state index is 12.2. The maximum Gasteiger partial charge on any atom is 0.388 e. The molecule has 0 radical (unpaired) electrons. The molecule has 0 heterocycles. The summed E-state index contributed by atoms with van der Waals surface area (Å²) in [4.78, 5) is 0. The van der Waals surface area contributed by atoms with Crippen LogP contribution in [-0.4, -0.2) is 31.4 Å². The Kier molecular flexibility index (Phi) is 5.89. The van der Waals surface area contributed by atoms with E-state index in [1.54, 1.807) is 0 Å². The molecule has 0 aromatic rings. The van der Waals surface area contributed by atoms with E-state index in [-0.39, 0.29) is 6.04 Å². The number of hydrogen-bond donors (Lipinski definition) is 0. The second-order valence-corrected chi connectivity index (χ2v) is 19.3. The zero-order chi connectivity index (χ0) is 14.8. The topological polar surface area (TPSA) is 18.5 Å². The zero-order valence-corrected chi connectivity index (χ0v) is 15.4. The van der Waals surface area contributed by atoms with Crippen molar-refractivity contribution in [3.05, 3.63) is 0 Å². The minimum atomic E-state index is -4.10. The van der Waals surface area contributed by atoms with E-state index in [0.717, 1.165) is 0 Å². The molecule has 110 valence electrons. The molecule has 0 aliphatic heterocycles. The van der Waals surface area contributed by atoms with Crippen molar-refractivity contribution in [3.63, 3.8) is 0 Å². The third kappa shape index (κ3) is 10.3. The summed E-state index contributed by atoms with van der Waals surface area (Å²) in [7, 11) is -6.34. The van der Waals surface area contributed by atoms with E-state index < -0.39 is 37.8 Å². The van der Waals surface area contributed by atoms with Gasteiger partial charge in [0.05, 0.1) is 0 Å². The fourth-order valence-corrected chi connectivity index (χ4v) is 15.0. The van der Waals surface area contributed by atoms with Gasteiger partial charge in [-0.25, -0.2) is 0 Å². The van der Waals surface area contributed by atoms with Crippen LogP contribution in [0, 0.1) is 0 Å². The van der Waals surface area contributed by atoms with Crippen LogP contribution in [0.25, 0.3) is 0 Å². The lowest BCUT2D eigenvalue weighted by Crippen LogP contribution is -2.51. The molecule has 0 amide bonds.